The van der Waals surface area contributed by atoms with Crippen molar-refractivity contribution < 1.29 is 14.4 Å². The fourth-order valence-electron chi connectivity index (χ4n) is 3.69. The summed E-state index contributed by atoms with van der Waals surface area (Å²) in [6.07, 6.45) is 4.64. The highest BCUT2D eigenvalue weighted by Gasteiger charge is 2.34. The number of nitrogens with one attached hydrogen (secondary N) is 1. The summed E-state index contributed by atoms with van der Waals surface area (Å²) in [5.41, 5.74) is 4.26. The first kappa shape index (κ1) is 16.5. The van der Waals surface area contributed by atoms with Crippen LogP contribution >= 0.6 is 0 Å². The van der Waals surface area contributed by atoms with Gasteiger partial charge in [0.1, 0.15) is 0 Å². The highest BCUT2D eigenvalue weighted by molar-refractivity contribution is 6.21. The molecule has 26 heavy (non-hydrogen) atoms. The number of hydrogen-bond acceptors (Lipinski definition) is 3. The number of carbonyl (C=O) groups excluding carboxylic acids is 3. The molecule has 1 aliphatic heterocycles. The van der Waals surface area contributed by atoms with E-state index in [0.29, 0.717) is 11.1 Å². The third-order valence-corrected chi connectivity index (χ3v) is 5.07. The van der Waals surface area contributed by atoms with E-state index in [1.165, 1.54) is 24.0 Å². The first-order valence-corrected chi connectivity index (χ1v) is 9.00. The second-order valence-electron chi connectivity index (χ2n) is 6.80. The molecule has 3 amide bonds. The summed E-state index contributed by atoms with van der Waals surface area (Å²) in [6.45, 7) is 0.0864. The summed E-state index contributed by atoms with van der Waals surface area (Å²) in [7, 11) is 0. The summed E-state index contributed by atoms with van der Waals surface area (Å²) in [6, 6.07) is 12.8. The molecule has 5 heteroatoms. The van der Waals surface area contributed by atoms with Gasteiger partial charge < -0.3 is 5.32 Å². The third kappa shape index (κ3) is 3.01. The zero-order valence-corrected chi connectivity index (χ0v) is 14.5. The Morgan fingerprint density at radius 3 is 2.27 bits per heavy atom. The van der Waals surface area contributed by atoms with Crippen molar-refractivity contribution in [3.63, 3.8) is 0 Å². The van der Waals surface area contributed by atoms with Crippen LogP contribution in [0, 0.1) is 0 Å². The number of fused-ring (bicyclic) bond motifs is 2. The lowest BCUT2D eigenvalue weighted by Gasteiger charge is -2.17. The van der Waals surface area contributed by atoms with E-state index < -0.39 is 0 Å². The Morgan fingerprint density at radius 2 is 1.58 bits per heavy atom. The predicted molar refractivity (Wildman–Crippen MR) is 98.1 cm³/mol. The van der Waals surface area contributed by atoms with Crippen LogP contribution in [0.25, 0.3) is 0 Å². The number of hydrogen-bond donors (Lipinski definition) is 1. The van der Waals surface area contributed by atoms with Gasteiger partial charge in [-0.2, -0.15) is 0 Å². The average molecular weight is 348 g/mol. The molecule has 1 aliphatic carbocycles. The lowest BCUT2D eigenvalue weighted by atomic mass is 9.91. The number of benzene rings is 2. The van der Waals surface area contributed by atoms with Crippen molar-refractivity contribution in [2.24, 2.45) is 0 Å². The van der Waals surface area contributed by atoms with E-state index in [1.54, 1.807) is 24.3 Å². The maximum absolute atomic E-state index is 12.3. The van der Waals surface area contributed by atoms with Gasteiger partial charge in [-0.05, 0) is 61.1 Å². The van der Waals surface area contributed by atoms with Crippen molar-refractivity contribution in [1.29, 1.82) is 0 Å². The minimum Gasteiger partial charge on any atom is -0.326 e. The lowest BCUT2D eigenvalue weighted by molar-refractivity contribution is -0.116. The molecule has 1 N–H and O–H groups in total. The Labute approximate surface area is 152 Å². The van der Waals surface area contributed by atoms with Gasteiger partial charge in [0.2, 0.25) is 5.91 Å². The number of anilines is 1. The number of nitrogens with zero attached hydrogens (tertiary/aromatic N) is 1. The van der Waals surface area contributed by atoms with Gasteiger partial charge in [0, 0.05) is 18.7 Å². The molecule has 0 bridgehead atoms. The average Bonchev–Trinajstić information content (AvgIpc) is 2.91. The Bertz CT molecular complexity index is 869. The Hall–Kier alpha value is -2.95. The molecule has 5 nitrogen and oxygen atoms in total. The van der Waals surface area contributed by atoms with Crippen LogP contribution in [0.2, 0.25) is 0 Å². The largest absolute Gasteiger partial charge is 0.326 e. The highest BCUT2D eigenvalue weighted by Crippen LogP contribution is 2.25. The molecule has 4 rings (SSSR count). The second kappa shape index (κ2) is 6.75. The van der Waals surface area contributed by atoms with Gasteiger partial charge in [-0.15, -0.1) is 0 Å². The molecule has 0 spiro atoms. The fourth-order valence-corrected chi connectivity index (χ4v) is 3.69. The highest BCUT2D eigenvalue weighted by atomic mass is 16.2. The van der Waals surface area contributed by atoms with Crippen molar-refractivity contribution in [2.45, 2.75) is 32.1 Å². The molecule has 0 aromatic heterocycles. The van der Waals surface area contributed by atoms with Crippen LogP contribution in [0.4, 0.5) is 5.69 Å². The summed E-state index contributed by atoms with van der Waals surface area (Å²) in [5, 5.41) is 2.88. The van der Waals surface area contributed by atoms with E-state index in [-0.39, 0.29) is 30.7 Å². The molecule has 2 aromatic carbocycles. The fraction of sp³-hybridized carbons (Fsp3) is 0.286. The molecular weight excluding hydrogens is 328 g/mol. The van der Waals surface area contributed by atoms with Gasteiger partial charge in [-0.1, -0.05) is 18.2 Å². The van der Waals surface area contributed by atoms with E-state index in [9.17, 15) is 14.4 Å². The van der Waals surface area contributed by atoms with Gasteiger partial charge in [0.05, 0.1) is 11.1 Å². The number of imide groups is 1. The zero-order chi connectivity index (χ0) is 18.1. The molecule has 0 saturated heterocycles. The van der Waals surface area contributed by atoms with Crippen molar-refractivity contribution in [2.75, 3.05) is 11.9 Å². The summed E-state index contributed by atoms with van der Waals surface area (Å²) in [4.78, 5) is 38.0. The number of amides is 3. The van der Waals surface area contributed by atoms with Crippen LogP contribution in [0.15, 0.2) is 42.5 Å². The van der Waals surface area contributed by atoms with Gasteiger partial charge >= 0.3 is 0 Å². The van der Waals surface area contributed by atoms with Crippen LogP contribution in [-0.4, -0.2) is 29.2 Å². The molecule has 2 aliphatic rings. The van der Waals surface area contributed by atoms with Crippen molar-refractivity contribution in [1.82, 2.24) is 4.90 Å². The van der Waals surface area contributed by atoms with E-state index in [1.807, 2.05) is 12.1 Å². The Morgan fingerprint density at radius 1 is 0.923 bits per heavy atom. The molecule has 0 fully saturated rings. The smallest absolute Gasteiger partial charge is 0.261 e. The lowest BCUT2D eigenvalue weighted by Crippen LogP contribution is -2.32. The van der Waals surface area contributed by atoms with Gasteiger partial charge in [0.25, 0.3) is 11.8 Å². The van der Waals surface area contributed by atoms with Crippen molar-refractivity contribution in [3.05, 3.63) is 64.7 Å². The van der Waals surface area contributed by atoms with Gasteiger partial charge in [-0.25, -0.2) is 0 Å². The normalized spacial score (nSPS) is 15.6. The van der Waals surface area contributed by atoms with Crippen molar-refractivity contribution >= 4 is 23.4 Å². The van der Waals surface area contributed by atoms with Crippen LogP contribution in [0.3, 0.4) is 0 Å². The molecule has 2 aromatic rings. The minimum absolute atomic E-state index is 0.0859. The monoisotopic (exact) mass is 348 g/mol. The van der Waals surface area contributed by atoms with Crippen LogP contribution in [-0.2, 0) is 17.6 Å². The van der Waals surface area contributed by atoms with E-state index in [2.05, 4.69) is 11.4 Å². The first-order chi connectivity index (χ1) is 12.6. The quantitative estimate of drug-likeness (QED) is 0.863. The zero-order valence-electron chi connectivity index (χ0n) is 14.5. The standard InChI is InChI=1S/C21H20N2O3/c24-19(22-16-10-9-14-5-1-2-6-15(14)13-16)11-12-23-20(25)17-7-3-4-8-18(17)21(23)26/h3-4,7-10,13H,1-2,5-6,11-12H2,(H,22,24). The number of aryl methyl sites for hydroxylation is 2. The van der Waals surface area contributed by atoms with Crippen LogP contribution in [0.5, 0.6) is 0 Å². The van der Waals surface area contributed by atoms with Crippen molar-refractivity contribution in [3.8, 4) is 0 Å². The molecule has 132 valence electrons. The molecule has 0 saturated carbocycles. The molecule has 0 radical (unpaired) electrons. The van der Waals surface area contributed by atoms with Gasteiger partial charge in [0.15, 0.2) is 0 Å². The summed E-state index contributed by atoms with van der Waals surface area (Å²) in [5.74, 6) is -0.850. The maximum Gasteiger partial charge on any atom is 0.261 e. The predicted octanol–water partition coefficient (Wildman–Crippen LogP) is 3.19. The first-order valence-electron chi connectivity index (χ1n) is 9.00. The Balaban J connectivity index is 1.38. The summed E-state index contributed by atoms with van der Waals surface area (Å²) >= 11 is 0. The summed E-state index contributed by atoms with van der Waals surface area (Å²) < 4.78 is 0. The van der Waals surface area contributed by atoms with E-state index in [4.69, 9.17) is 0 Å². The topological polar surface area (TPSA) is 66.5 Å². The van der Waals surface area contributed by atoms with E-state index >= 15 is 0 Å². The number of rotatable bonds is 4. The Kier molecular flexibility index (Phi) is 4.29. The molecular formula is C21H20N2O3. The number of carbonyl (C=O) groups is 3. The molecule has 0 atom stereocenters. The van der Waals surface area contributed by atoms with Crippen LogP contribution in [0.1, 0.15) is 51.1 Å². The molecule has 0 unspecified atom stereocenters. The second-order valence-corrected chi connectivity index (χ2v) is 6.80. The SMILES string of the molecule is O=C(CCN1C(=O)c2ccccc2C1=O)Nc1ccc2c(c1)CCCC2. The van der Waals surface area contributed by atoms with Gasteiger partial charge in [-0.3, -0.25) is 19.3 Å². The minimum atomic E-state index is -0.327. The third-order valence-electron chi connectivity index (χ3n) is 5.07. The van der Waals surface area contributed by atoms with Crippen LogP contribution < -0.4 is 5.32 Å². The van der Waals surface area contributed by atoms with E-state index in [0.717, 1.165) is 23.4 Å². The molecule has 1 heterocycles. The maximum atomic E-state index is 12.3.